The molecule has 2 heterocycles. The molecule has 1 N–H and O–H groups in total. The lowest BCUT2D eigenvalue weighted by Gasteiger charge is -2.44. The van der Waals surface area contributed by atoms with Crippen LogP contribution in [0.5, 0.6) is 0 Å². The van der Waals surface area contributed by atoms with Crippen molar-refractivity contribution in [3.8, 4) is 0 Å². The van der Waals surface area contributed by atoms with E-state index in [1.807, 2.05) is 0 Å². The highest BCUT2D eigenvalue weighted by molar-refractivity contribution is 4.88. The Kier molecular flexibility index (Phi) is 2.35. The molecule has 2 saturated heterocycles. The number of hydrogen-bond acceptors (Lipinski definition) is 3. The van der Waals surface area contributed by atoms with Crippen LogP contribution in [0, 0.1) is 0 Å². The van der Waals surface area contributed by atoms with Crippen LogP contribution in [-0.2, 0) is 4.74 Å². The van der Waals surface area contributed by atoms with Crippen molar-refractivity contribution in [2.24, 2.45) is 0 Å². The van der Waals surface area contributed by atoms with Gasteiger partial charge in [-0.05, 0) is 13.8 Å². The Bertz CT molecular complexity index is 149. The first kappa shape index (κ1) is 8.48. The van der Waals surface area contributed by atoms with Gasteiger partial charge in [-0.1, -0.05) is 0 Å². The van der Waals surface area contributed by atoms with Gasteiger partial charge < -0.3 is 10.1 Å². The van der Waals surface area contributed by atoms with E-state index in [1.165, 1.54) is 13.1 Å². The highest BCUT2D eigenvalue weighted by Gasteiger charge is 2.30. The number of hydrogen-bond donors (Lipinski definition) is 1. The summed E-state index contributed by atoms with van der Waals surface area (Å²) in [6, 6.07) is 0.777. The summed E-state index contributed by atoms with van der Waals surface area (Å²) in [4.78, 5) is 2.55. The van der Waals surface area contributed by atoms with E-state index in [-0.39, 0.29) is 0 Å². The van der Waals surface area contributed by atoms with Gasteiger partial charge in [-0.3, -0.25) is 4.90 Å². The molecular weight excluding hydrogens is 152 g/mol. The second-order valence-electron chi connectivity index (χ2n) is 4.02. The van der Waals surface area contributed by atoms with Crippen LogP contribution in [0.3, 0.4) is 0 Å². The van der Waals surface area contributed by atoms with E-state index < -0.39 is 0 Å². The first-order valence-corrected chi connectivity index (χ1v) is 4.86. The van der Waals surface area contributed by atoms with E-state index in [1.54, 1.807) is 0 Å². The monoisotopic (exact) mass is 170 g/mol. The highest BCUT2D eigenvalue weighted by Crippen LogP contribution is 2.15. The van der Waals surface area contributed by atoms with E-state index in [4.69, 9.17) is 4.74 Å². The quantitative estimate of drug-likeness (QED) is 0.602. The summed E-state index contributed by atoms with van der Waals surface area (Å²) >= 11 is 0. The van der Waals surface area contributed by atoms with Crippen molar-refractivity contribution in [3.63, 3.8) is 0 Å². The lowest BCUT2D eigenvalue weighted by Crippen LogP contribution is -2.61. The van der Waals surface area contributed by atoms with Gasteiger partial charge in [0.1, 0.15) is 0 Å². The first-order chi connectivity index (χ1) is 5.75. The third-order valence-electron chi connectivity index (χ3n) is 2.72. The molecular formula is C9H18N2O. The van der Waals surface area contributed by atoms with Gasteiger partial charge in [0, 0.05) is 32.2 Å². The Morgan fingerprint density at radius 3 is 2.17 bits per heavy atom. The third kappa shape index (κ3) is 1.63. The lowest BCUT2D eigenvalue weighted by molar-refractivity contribution is -0.0857. The Morgan fingerprint density at radius 2 is 1.75 bits per heavy atom. The van der Waals surface area contributed by atoms with Gasteiger partial charge in [0.25, 0.3) is 0 Å². The SMILES string of the molecule is C[C@H]1CN(C2CNC2)C[C@H](C)O1. The Hall–Kier alpha value is -0.120. The molecule has 3 nitrogen and oxygen atoms in total. The van der Waals surface area contributed by atoms with Gasteiger partial charge in [-0.25, -0.2) is 0 Å². The predicted octanol–water partition coefficient (Wildman–Crippen LogP) is 0.0674. The molecule has 2 fully saturated rings. The number of ether oxygens (including phenoxy) is 1. The molecule has 0 aromatic carbocycles. The van der Waals surface area contributed by atoms with E-state index in [2.05, 4.69) is 24.1 Å². The van der Waals surface area contributed by atoms with Gasteiger partial charge in [-0.15, -0.1) is 0 Å². The molecule has 2 atom stereocenters. The summed E-state index contributed by atoms with van der Waals surface area (Å²) in [7, 11) is 0. The van der Waals surface area contributed by atoms with Gasteiger partial charge in [0.15, 0.2) is 0 Å². The molecule has 0 unspecified atom stereocenters. The minimum atomic E-state index is 0.411. The van der Waals surface area contributed by atoms with E-state index in [0.29, 0.717) is 12.2 Å². The average molecular weight is 170 g/mol. The third-order valence-corrected chi connectivity index (χ3v) is 2.72. The van der Waals surface area contributed by atoms with Crippen molar-refractivity contribution < 1.29 is 4.74 Å². The number of rotatable bonds is 1. The summed E-state index contributed by atoms with van der Waals surface area (Å²) in [5, 5.41) is 3.31. The maximum absolute atomic E-state index is 5.67. The molecule has 12 heavy (non-hydrogen) atoms. The van der Waals surface area contributed by atoms with Crippen LogP contribution >= 0.6 is 0 Å². The molecule has 0 bridgehead atoms. The summed E-state index contributed by atoms with van der Waals surface area (Å²) in [6.07, 6.45) is 0.823. The molecule has 70 valence electrons. The molecule has 2 aliphatic heterocycles. The Labute approximate surface area is 74.1 Å². The average Bonchev–Trinajstić information content (AvgIpc) is 1.79. The van der Waals surface area contributed by atoms with Crippen molar-refractivity contribution in [1.29, 1.82) is 0 Å². The fourth-order valence-electron chi connectivity index (χ4n) is 2.05. The van der Waals surface area contributed by atoms with Gasteiger partial charge in [0.2, 0.25) is 0 Å². The first-order valence-electron chi connectivity index (χ1n) is 4.86. The standard InChI is InChI=1S/C9H18N2O/c1-7-5-11(6-8(2)12-7)9-3-10-4-9/h7-10H,3-6H2,1-2H3/t7-,8-/m0/s1. The summed E-state index contributed by atoms with van der Waals surface area (Å²) in [5.74, 6) is 0. The Balaban J connectivity index is 1.87. The van der Waals surface area contributed by atoms with Crippen LogP contribution in [0.1, 0.15) is 13.8 Å². The smallest absolute Gasteiger partial charge is 0.0678 e. The molecule has 0 spiro atoms. The van der Waals surface area contributed by atoms with Gasteiger partial charge >= 0.3 is 0 Å². The molecule has 2 rings (SSSR count). The van der Waals surface area contributed by atoms with Crippen LogP contribution in [0.4, 0.5) is 0 Å². The van der Waals surface area contributed by atoms with Crippen molar-refractivity contribution in [2.45, 2.75) is 32.1 Å². The fraction of sp³-hybridized carbons (Fsp3) is 1.00. The predicted molar refractivity (Wildman–Crippen MR) is 48.2 cm³/mol. The second kappa shape index (κ2) is 3.32. The second-order valence-corrected chi connectivity index (χ2v) is 4.02. The maximum Gasteiger partial charge on any atom is 0.0678 e. The zero-order valence-corrected chi connectivity index (χ0v) is 7.92. The molecule has 0 amide bonds. The zero-order chi connectivity index (χ0) is 8.55. The topological polar surface area (TPSA) is 24.5 Å². The van der Waals surface area contributed by atoms with Crippen molar-refractivity contribution in [2.75, 3.05) is 26.2 Å². The van der Waals surface area contributed by atoms with Crippen LogP contribution in [0.2, 0.25) is 0 Å². The van der Waals surface area contributed by atoms with Crippen LogP contribution in [0.15, 0.2) is 0 Å². The Morgan fingerprint density at radius 1 is 1.17 bits per heavy atom. The molecule has 0 aromatic heterocycles. The summed E-state index contributed by atoms with van der Waals surface area (Å²) in [6.45, 7) is 8.87. The van der Waals surface area contributed by atoms with Crippen molar-refractivity contribution in [3.05, 3.63) is 0 Å². The highest BCUT2D eigenvalue weighted by atomic mass is 16.5. The number of nitrogens with one attached hydrogen (secondary N) is 1. The molecule has 3 heteroatoms. The normalized spacial score (nSPS) is 39.5. The van der Waals surface area contributed by atoms with Crippen LogP contribution < -0.4 is 5.32 Å². The summed E-state index contributed by atoms with van der Waals surface area (Å²) in [5.41, 5.74) is 0. The van der Waals surface area contributed by atoms with Crippen LogP contribution in [-0.4, -0.2) is 49.3 Å². The van der Waals surface area contributed by atoms with E-state index in [9.17, 15) is 0 Å². The van der Waals surface area contributed by atoms with Gasteiger partial charge in [-0.2, -0.15) is 0 Å². The van der Waals surface area contributed by atoms with Gasteiger partial charge in [0.05, 0.1) is 12.2 Å². The molecule has 0 aromatic rings. The lowest BCUT2D eigenvalue weighted by atomic mass is 10.1. The molecule has 2 aliphatic rings. The van der Waals surface area contributed by atoms with Crippen molar-refractivity contribution >= 4 is 0 Å². The molecule has 0 radical (unpaired) electrons. The number of morpholine rings is 1. The largest absolute Gasteiger partial charge is 0.373 e. The molecule has 0 aliphatic carbocycles. The minimum Gasteiger partial charge on any atom is -0.373 e. The molecule has 0 saturated carbocycles. The fourth-order valence-corrected chi connectivity index (χ4v) is 2.05. The minimum absolute atomic E-state index is 0.411. The zero-order valence-electron chi connectivity index (χ0n) is 7.92. The van der Waals surface area contributed by atoms with E-state index >= 15 is 0 Å². The maximum atomic E-state index is 5.67. The number of nitrogens with zero attached hydrogens (tertiary/aromatic N) is 1. The summed E-state index contributed by atoms with van der Waals surface area (Å²) < 4.78 is 5.67. The van der Waals surface area contributed by atoms with Crippen molar-refractivity contribution in [1.82, 2.24) is 10.2 Å². The van der Waals surface area contributed by atoms with E-state index in [0.717, 1.165) is 19.1 Å². The van der Waals surface area contributed by atoms with Crippen LogP contribution in [0.25, 0.3) is 0 Å².